The Bertz CT molecular complexity index is 993. The van der Waals surface area contributed by atoms with Crippen LogP contribution in [0.15, 0.2) is 60.2 Å². The van der Waals surface area contributed by atoms with Crippen LogP contribution in [0, 0.1) is 5.41 Å². The molecule has 0 spiro atoms. The standard InChI is InChI=1S/C26H29NO3/c1-18(13-25(28)30-3)20-5-4-6-22(14-20)27-17-26-12-11-24(21(15-26)16-26)19-7-9-23(29-2)10-8-19/h4-10,13-14,27H,11-12,15-17H2,1-3H3/b18-13+. The number of anilines is 1. The summed E-state index contributed by atoms with van der Waals surface area (Å²) in [5.41, 5.74) is 7.88. The van der Waals surface area contributed by atoms with Gasteiger partial charge in [0.15, 0.2) is 0 Å². The number of hydrogen-bond acceptors (Lipinski definition) is 4. The zero-order valence-corrected chi connectivity index (χ0v) is 18.0. The van der Waals surface area contributed by atoms with Gasteiger partial charge in [0.05, 0.1) is 14.2 Å². The Balaban J connectivity index is 1.39. The highest BCUT2D eigenvalue weighted by Crippen LogP contribution is 2.57. The Morgan fingerprint density at radius 3 is 2.53 bits per heavy atom. The van der Waals surface area contributed by atoms with E-state index < -0.39 is 0 Å². The lowest BCUT2D eigenvalue weighted by Gasteiger charge is -2.50. The van der Waals surface area contributed by atoms with Crippen LogP contribution >= 0.6 is 0 Å². The highest BCUT2D eigenvalue weighted by molar-refractivity contribution is 5.91. The maximum Gasteiger partial charge on any atom is 0.330 e. The zero-order chi connectivity index (χ0) is 21.1. The molecule has 0 aliphatic heterocycles. The number of ether oxygens (including phenoxy) is 2. The molecule has 2 bridgehead atoms. The van der Waals surface area contributed by atoms with Gasteiger partial charge in [-0.1, -0.05) is 29.8 Å². The minimum Gasteiger partial charge on any atom is -0.497 e. The second-order valence-electron chi connectivity index (χ2n) is 8.45. The smallest absolute Gasteiger partial charge is 0.330 e. The first-order chi connectivity index (χ1) is 14.5. The molecule has 1 N–H and O–H groups in total. The van der Waals surface area contributed by atoms with Crippen molar-refractivity contribution >= 4 is 22.8 Å². The molecular formula is C26H29NO3. The van der Waals surface area contributed by atoms with Gasteiger partial charge in [-0.15, -0.1) is 0 Å². The summed E-state index contributed by atoms with van der Waals surface area (Å²) >= 11 is 0. The number of carbonyl (C=O) groups is 1. The Hall–Kier alpha value is -3.01. The lowest BCUT2D eigenvalue weighted by Crippen LogP contribution is -2.41. The largest absolute Gasteiger partial charge is 0.497 e. The van der Waals surface area contributed by atoms with Crippen LogP contribution in [0.5, 0.6) is 5.75 Å². The van der Waals surface area contributed by atoms with E-state index in [0.717, 1.165) is 35.5 Å². The van der Waals surface area contributed by atoms with E-state index in [0.29, 0.717) is 5.41 Å². The fourth-order valence-corrected chi connectivity index (χ4v) is 4.65. The van der Waals surface area contributed by atoms with Crippen molar-refractivity contribution in [1.29, 1.82) is 0 Å². The van der Waals surface area contributed by atoms with Crippen molar-refractivity contribution in [3.63, 3.8) is 0 Å². The van der Waals surface area contributed by atoms with Crippen LogP contribution in [0.1, 0.15) is 43.7 Å². The molecule has 0 saturated heterocycles. The second-order valence-corrected chi connectivity index (χ2v) is 8.45. The summed E-state index contributed by atoms with van der Waals surface area (Å²) in [4.78, 5) is 11.5. The normalized spacial score (nSPS) is 17.2. The van der Waals surface area contributed by atoms with Gasteiger partial charge in [0.1, 0.15) is 5.75 Å². The number of fused-ring (bicyclic) bond motifs is 2. The van der Waals surface area contributed by atoms with E-state index in [1.54, 1.807) is 12.7 Å². The lowest BCUT2D eigenvalue weighted by molar-refractivity contribution is -0.134. The molecule has 1 fully saturated rings. The molecule has 3 aliphatic rings. The van der Waals surface area contributed by atoms with Crippen molar-refractivity contribution in [3.05, 3.63) is 71.3 Å². The average molecular weight is 404 g/mol. The first kappa shape index (κ1) is 20.3. The fourth-order valence-electron chi connectivity index (χ4n) is 4.65. The van der Waals surface area contributed by atoms with E-state index in [9.17, 15) is 4.79 Å². The topological polar surface area (TPSA) is 47.6 Å². The van der Waals surface area contributed by atoms with Crippen LogP contribution in [-0.4, -0.2) is 26.7 Å². The van der Waals surface area contributed by atoms with E-state index in [1.165, 1.54) is 43.6 Å². The Morgan fingerprint density at radius 1 is 1.13 bits per heavy atom. The van der Waals surface area contributed by atoms with Crippen LogP contribution < -0.4 is 10.1 Å². The summed E-state index contributed by atoms with van der Waals surface area (Å²) in [7, 11) is 3.10. The van der Waals surface area contributed by atoms with Crippen LogP contribution in [0.3, 0.4) is 0 Å². The second kappa shape index (κ2) is 8.39. The highest BCUT2D eigenvalue weighted by atomic mass is 16.5. The molecule has 156 valence electrons. The van der Waals surface area contributed by atoms with Crippen LogP contribution in [0.4, 0.5) is 5.69 Å². The first-order valence-corrected chi connectivity index (χ1v) is 10.5. The van der Waals surface area contributed by atoms with Crippen molar-refractivity contribution < 1.29 is 14.3 Å². The minimum absolute atomic E-state index is 0.326. The fraction of sp³-hybridized carbons (Fsp3) is 0.346. The highest BCUT2D eigenvalue weighted by Gasteiger charge is 2.45. The van der Waals surface area contributed by atoms with Crippen molar-refractivity contribution in [2.75, 3.05) is 26.1 Å². The predicted octanol–water partition coefficient (Wildman–Crippen LogP) is 5.71. The summed E-state index contributed by atoms with van der Waals surface area (Å²) in [6.45, 7) is 2.91. The van der Waals surface area contributed by atoms with E-state index in [-0.39, 0.29) is 5.97 Å². The number of nitrogens with one attached hydrogen (secondary N) is 1. The number of rotatable bonds is 7. The lowest BCUT2D eigenvalue weighted by atomic mass is 9.56. The van der Waals surface area contributed by atoms with E-state index in [1.807, 2.05) is 19.1 Å². The zero-order valence-electron chi connectivity index (χ0n) is 18.0. The Morgan fingerprint density at radius 2 is 1.90 bits per heavy atom. The maximum atomic E-state index is 11.5. The molecule has 0 aromatic heterocycles. The summed E-state index contributed by atoms with van der Waals surface area (Å²) in [5.74, 6) is 0.583. The van der Waals surface area contributed by atoms with Gasteiger partial charge in [0.2, 0.25) is 0 Å². The van der Waals surface area contributed by atoms with Gasteiger partial charge in [-0.05, 0) is 84.6 Å². The third-order valence-electron chi connectivity index (χ3n) is 6.47. The van der Waals surface area contributed by atoms with Gasteiger partial charge in [0.25, 0.3) is 0 Å². The molecule has 4 nitrogen and oxygen atoms in total. The van der Waals surface area contributed by atoms with Gasteiger partial charge < -0.3 is 14.8 Å². The number of methoxy groups -OCH3 is 2. The third kappa shape index (κ3) is 4.13. The van der Waals surface area contributed by atoms with Gasteiger partial charge in [-0.25, -0.2) is 4.79 Å². The molecule has 0 amide bonds. The first-order valence-electron chi connectivity index (χ1n) is 10.5. The van der Waals surface area contributed by atoms with Crippen molar-refractivity contribution in [2.45, 2.75) is 32.6 Å². The van der Waals surface area contributed by atoms with Crippen LogP contribution in [0.25, 0.3) is 11.1 Å². The van der Waals surface area contributed by atoms with Crippen LogP contribution in [0.2, 0.25) is 0 Å². The van der Waals surface area contributed by atoms with E-state index in [2.05, 4.69) is 41.7 Å². The summed E-state index contributed by atoms with van der Waals surface area (Å²) in [5, 5.41) is 3.64. The average Bonchev–Trinajstić information content (AvgIpc) is 2.77. The molecule has 0 atom stereocenters. The molecule has 2 aromatic carbocycles. The minimum atomic E-state index is -0.326. The summed E-state index contributed by atoms with van der Waals surface area (Å²) < 4.78 is 10.0. The molecule has 30 heavy (non-hydrogen) atoms. The summed E-state index contributed by atoms with van der Waals surface area (Å²) in [6.07, 6.45) is 6.25. The number of benzene rings is 2. The van der Waals surface area contributed by atoms with Gasteiger partial charge in [-0.2, -0.15) is 0 Å². The third-order valence-corrected chi connectivity index (χ3v) is 6.47. The van der Waals surface area contributed by atoms with Crippen LogP contribution in [-0.2, 0) is 9.53 Å². The number of hydrogen-bond donors (Lipinski definition) is 1. The molecule has 2 aromatic rings. The monoisotopic (exact) mass is 403 g/mol. The van der Waals surface area contributed by atoms with Gasteiger partial charge in [-0.3, -0.25) is 0 Å². The molecular weight excluding hydrogens is 374 g/mol. The van der Waals surface area contributed by atoms with Crippen molar-refractivity contribution in [3.8, 4) is 5.75 Å². The molecule has 5 rings (SSSR count). The molecule has 1 saturated carbocycles. The predicted molar refractivity (Wildman–Crippen MR) is 121 cm³/mol. The maximum absolute atomic E-state index is 11.5. The molecule has 3 aliphatic carbocycles. The quantitative estimate of drug-likeness (QED) is 0.475. The molecule has 0 unspecified atom stereocenters. The number of esters is 1. The van der Waals surface area contributed by atoms with Gasteiger partial charge in [0, 0.05) is 18.3 Å². The Kier molecular flexibility index (Phi) is 5.67. The molecule has 4 heteroatoms. The van der Waals surface area contributed by atoms with Crippen molar-refractivity contribution in [1.82, 2.24) is 0 Å². The summed E-state index contributed by atoms with van der Waals surface area (Å²) in [6, 6.07) is 16.7. The van der Waals surface area contributed by atoms with E-state index in [4.69, 9.17) is 9.47 Å². The van der Waals surface area contributed by atoms with Crippen molar-refractivity contribution in [2.24, 2.45) is 5.41 Å². The number of carbonyl (C=O) groups excluding carboxylic acids is 1. The number of allylic oxidation sites excluding steroid dienone is 3. The molecule has 0 radical (unpaired) electrons. The molecule has 0 heterocycles. The van der Waals surface area contributed by atoms with E-state index >= 15 is 0 Å². The van der Waals surface area contributed by atoms with Gasteiger partial charge >= 0.3 is 5.97 Å². The Labute approximate surface area is 178 Å². The SMILES string of the molecule is COC(=O)/C=C(\C)c1cccc(NCC23CCC(c4ccc(OC)cc4)=C(C2)C3)c1.